The number of alkyl halides is 4. The Labute approximate surface area is 209 Å². The van der Waals surface area contributed by atoms with Crippen LogP contribution < -0.4 is 15.7 Å². The monoisotopic (exact) mass is 544 g/mol. The number of hydrogen-bond acceptors (Lipinski definition) is 6. The first-order chi connectivity index (χ1) is 17.1. The average molecular weight is 545 g/mol. The van der Waals surface area contributed by atoms with Crippen LogP contribution in [0.4, 0.5) is 17.6 Å². The van der Waals surface area contributed by atoms with Crippen LogP contribution in [0, 0.1) is 0 Å². The Balaban J connectivity index is 1.76. The summed E-state index contributed by atoms with van der Waals surface area (Å²) in [4.78, 5) is 30.5. The lowest BCUT2D eigenvalue weighted by molar-refractivity contribution is -0.253. The average Bonchev–Trinajstić information content (AvgIpc) is 3.23. The molecule has 1 aromatic carbocycles. The quantitative estimate of drug-likeness (QED) is 0.457. The van der Waals surface area contributed by atoms with E-state index in [1.54, 1.807) is 20.8 Å². The van der Waals surface area contributed by atoms with Gasteiger partial charge >= 0.3 is 18.2 Å². The van der Waals surface area contributed by atoms with Crippen molar-refractivity contribution in [2.45, 2.75) is 51.3 Å². The first-order valence-corrected chi connectivity index (χ1v) is 13.1. The van der Waals surface area contributed by atoms with Gasteiger partial charge in [0.1, 0.15) is 5.75 Å². The summed E-state index contributed by atoms with van der Waals surface area (Å²) in [7, 11) is -3.27. The molecule has 0 radical (unpaired) electrons. The van der Waals surface area contributed by atoms with E-state index in [1.807, 2.05) is 0 Å². The smallest absolute Gasteiger partial charge is 0.428 e. The molecule has 1 aliphatic heterocycles. The fraction of sp³-hybridized carbons (Fsp3) is 0.435. The molecule has 0 bridgehead atoms. The summed E-state index contributed by atoms with van der Waals surface area (Å²) in [5.74, 6) is -1.40. The highest BCUT2D eigenvalue weighted by molar-refractivity contribution is 7.91. The Morgan fingerprint density at radius 1 is 1.24 bits per heavy atom. The second-order valence-corrected chi connectivity index (χ2v) is 11.7. The fourth-order valence-corrected chi connectivity index (χ4v) is 6.39. The van der Waals surface area contributed by atoms with Crippen LogP contribution in [0.1, 0.15) is 43.6 Å². The van der Waals surface area contributed by atoms with Crippen LogP contribution in [-0.2, 0) is 9.84 Å². The molecular formula is C23H24F4N4O5S. The molecule has 0 unspecified atom stereocenters. The summed E-state index contributed by atoms with van der Waals surface area (Å²) >= 11 is 0. The van der Waals surface area contributed by atoms with Gasteiger partial charge in [0.2, 0.25) is 0 Å². The fourth-order valence-electron chi connectivity index (χ4n) is 4.30. The van der Waals surface area contributed by atoms with Crippen LogP contribution >= 0.6 is 0 Å². The van der Waals surface area contributed by atoms with Gasteiger partial charge in [-0.05, 0) is 45.4 Å². The number of ether oxygens (including phenoxy) is 1. The molecular weight excluding hydrogens is 520 g/mol. The number of hydrogen-bond donors (Lipinski definition) is 1. The van der Waals surface area contributed by atoms with Gasteiger partial charge in [-0.1, -0.05) is 6.07 Å². The summed E-state index contributed by atoms with van der Waals surface area (Å²) < 4.78 is 82.3. The molecule has 4 rings (SSSR count). The van der Waals surface area contributed by atoms with Crippen molar-refractivity contribution in [3.05, 3.63) is 52.6 Å². The molecule has 14 heteroatoms. The molecule has 3 aromatic rings. The molecule has 1 saturated heterocycles. The number of pyridine rings is 1. The van der Waals surface area contributed by atoms with Gasteiger partial charge in [-0.2, -0.15) is 17.6 Å². The second-order valence-electron chi connectivity index (χ2n) is 9.47. The summed E-state index contributed by atoms with van der Waals surface area (Å²) in [6.07, 6.45) is -7.33. The summed E-state index contributed by atoms with van der Waals surface area (Å²) in [6, 6.07) is 5.72. The lowest BCUT2D eigenvalue weighted by Gasteiger charge is -2.23. The second kappa shape index (κ2) is 9.15. The molecule has 0 saturated carbocycles. The minimum atomic E-state index is -4.73. The van der Waals surface area contributed by atoms with E-state index in [1.165, 1.54) is 29.0 Å². The van der Waals surface area contributed by atoms with Gasteiger partial charge in [0.15, 0.2) is 15.5 Å². The number of carbonyl (C=O) groups excluding carboxylic acids is 1. The Morgan fingerprint density at radius 2 is 1.95 bits per heavy atom. The molecule has 200 valence electrons. The van der Waals surface area contributed by atoms with E-state index >= 15 is 0 Å². The van der Waals surface area contributed by atoms with Gasteiger partial charge in [0, 0.05) is 18.3 Å². The molecule has 2 aromatic heterocycles. The molecule has 1 fully saturated rings. The Kier molecular flexibility index (Phi) is 6.59. The van der Waals surface area contributed by atoms with Crippen LogP contribution in [-0.4, -0.2) is 58.0 Å². The zero-order valence-corrected chi connectivity index (χ0v) is 20.9. The van der Waals surface area contributed by atoms with Crippen LogP contribution in [0.5, 0.6) is 5.75 Å². The zero-order chi connectivity index (χ0) is 27.3. The number of rotatable bonds is 7. The number of sulfone groups is 1. The molecule has 1 amide bonds. The van der Waals surface area contributed by atoms with E-state index in [9.17, 15) is 35.6 Å². The molecule has 0 aliphatic carbocycles. The molecule has 1 N–H and O–H groups in total. The van der Waals surface area contributed by atoms with Crippen molar-refractivity contribution in [3.63, 3.8) is 0 Å². The van der Waals surface area contributed by atoms with E-state index in [0.717, 1.165) is 16.7 Å². The molecule has 9 nitrogen and oxygen atoms in total. The first-order valence-electron chi connectivity index (χ1n) is 11.2. The normalized spacial score (nSPS) is 19.6. The van der Waals surface area contributed by atoms with Crippen molar-refractivity contribution in [1.29, 1.82) is 0 Å². The third-order valence-electron chi connectivity index (χ3n) is 6.00. The predicted molar refractivity (Wildman–Crippen MR) is 126 cm³/mol. The lowest BCUT2D eigenvalue weighted by atomic mass is 10.0. The van der Waals surface area contributed by atoms with Gasteiger partial charge in [0.25, 0.3) is 5.91 Å². The van der Waals surface area contributed by atoms with E-state index in [2.05, 4.69) is 15.0 Å². The third kappa shape index (κ3) is 5.20. The van der Waals surface area contributed by atoms with E-state index < -0.39 is 51.3 Å². The first kappa shape index (κ1) is 26.6. The maximum absolute atomic E-state index is 13.4. The Morgan fingerprint density at radius 3 is 2.54 bits per heavy atom. The molecule has 37 heavy (non-hydrogen) atoms. The topological polar surface area (TPSA) is 112 Å². The number of nitrogens with zero attached hydrogens (tertiary/aromatic N) is 3. The molecule has 1 atom stereocenters. The number of fused-ring (bicyclic) bond motifs is 1. The van der Waals surface area contributed by atoms with E-state index in [0.29, 0.717) is 0 Å². The van der Waals surface area contributed by atoms with Gasteiger partial charge in [0.05, 0.1) is 33.8 Å². The molecule has 3 heterocycles. The van der Waals surface area contributed by atoms with E-state index in [-0.39, 0.29) is 40.3 Å². The number of aromatic nitrogens is 3. The number of imidazole rings is 1. The van der Waals surface area contributed by atoms with Gasteiger partial charge < -0.3 is 10.1 Å². The van der Waals surface area contributed by atoms with E-state index in [4.69, 9.17) is 0 Å². The highest BCUT2D eigenvalue weighted by Crippen LogP contribution is 2.30. The SMILES string of the molecule is CC(C)n1c(=O)n(-c2cccc(OC(F)(F)C(F)F)c2)c2ncc(C(=O)N[C@@]3(C)CCS(=O)(=O)C3)cc21. The van der Waals surface area contributed by atoms with Crippen molar-refractivity contribution in [2.24, 2.45) is 0 Å². The largest absolute Gasteiger partial charge is 0.461 e. The number of amides is 1. The van der Waals surface area contributed by atoms with Crippen molar-refractivity contribution in [3.8, 4) is 11.4 Å². The van der Waals surface area contributed by atoms with Crippen LogP contribution in [0.3, 0.4) is 0 Å². The van der Waals surface area contributed by atoms with Crippen LogP contribution in [0.15, 0.2) is 41.3 Å². The lowest BCUT2D eigenvalue weighted by Crippen LogP contribution is -2.46. The minimum absolute atomic E-state index is 0.0327. The number of nitrogens with one attached hydrogen (secondary N) is 1. The number of halogens is 4. The molecule has 1 aliphatic rings. The van der Waals surface area contributed by atoms with Crippen molar-refractivity contribution >= 4 is 26.9 Å². The van der Waals surface area contributed by atoms with Gasteiger partial charge in [-0.15, -0.1) is 0 Å². The van der Waals surface area contributed by atoms with Gasteiger partial charge in [-0.3, -0.25) is 9.36 Å². The summed E-state index contributed by atoms with van der Waals surface area (Å²) in [5.41, 5.74) is -1.11. The predicted octanol–water partition coefficient (Wildman–Crippen LogP) is 3.31. The summed E-state index contributed by atoms with van der Waals surface area (Å²) in [6.45, 7) is 5.06. The molecule has 0 spiro atoms. The maximum Gasteiger partial charge on any atom is 0.461 e. The Bertz CT molecular complexity index is 1530. The van der Waals surface area contributed by atoms with Crippen LogP contribution in [0.25, 0.3) is 16.9 Å². The van der Waals surface area contributed by atoms with Crippen molar-refractivity contribution < 1.29 is 35.5 Å². The number of carbonyl (C=O) groups is 1. The number of benzene rings is 1. The Hall–Kier alpha value is -3.42. The van der Waals surface area contributed by atoms with Gasteiger partial charge in [-0.25, -0.2) is 22.8 Å². The van der Waals surface area contributed by atoms with Crippen molar-refractivity contribution in [1.82, 2.24) is 19.4 Å². The summed E-state index contributed by atoms with van der Waals surface area (Å²) in [5, 5.41) is 2.73. The maximum atomic E-state index is 13.4. The minimum Gasteiger partial charge on any atom is -0.428 e. The highest BCUT2D eigenvalue weighted by atomic mass is 32.2. The standard InChI is InChI=1S/C23H24F4N4O5S/c1-13(2)30-17-9-14(19(32)29-22(3)7-8-37(34,35)12-22)11-28-18(17)31(21(30)33)15-5-4-6-16(10-15)36-23(26,27)20(24)25/h4-6,9-11,13,20H,7-8,12H2,1-3H3,(H,29,32)/t22-/m0/s1. The highest BCUT2D eigenvalue weighted by Gasteiger charge is 2.44. The van der Waals surface area contributed by atoms with Crippen molar-refractivity contribution in [2.75, 3.05) is 11.5 Å². The zero-order valence-electron chi connectivity index (χ0n) is 20.0. The third-order valence-corrected chi connectivity index (χ3v) is 7.90. The van der Waals surface area contributed by atoms with Crippen LogP contribution in [0.2, 0.25) is 0 Å².